The van der Waals surface area contributed by atoms with E-state index < -0.39 is 5.91 Å². The molecule has 0 saturated carbocycles. The van der Waals surface area contributed by atoms with Gasteiger partial charge in [0.15, 0.2) is 0 Å². The summed E-state index contributed by atoms with van der Waals surface area (Å²) < 4.78 is 0. The summed E-state index contributed by atoms with van der Waals surface area (Å²) in [4.78, 5) is 22.1. The molecule has 4 nitrogen and oxygen atoms in total. The number of anilines is 1. The van der Waals surface area contributed by atoms with Crippen molar-refractivity contribution in [2.45, 2.75) is 39.5 Å². The summed E-state index contributed by atoms with van der Waals surface area (Å²) >= 11 is 0. The number of nitrogens with one attached hydrogen (secondary N) is 1. The van der Waals surface area contributed by atoms with E-state index in [1.807, 2.05) is 27.7 Å². The normalized spacial score (nSPS) is 10.8. The van der Waals surface area contributed by atoms with Crippen molar-refractivity contribution in [2.24, 2.45) is 5.73 Å². The molecule has 0 heterocycles. The van der Waals surface area contributed by atoms with Gasteiger partial charge in [-0.1, -0.05) is 27.7 Å². The Morgan fingerprint density at radius 2 is 1.61 bits per heavy atom. The molecular weight excluding hydrogens is 228 g/mol. The Morgan fingerprint density at radius 1 is 1.17 bits per heavy atom. The molecule has 1 rings (SSSR count). The van der Waals surface area contributed by atoms with Crippen LogP contribution < -0.4 is 11.1 Å². The highest BCUT2D eigenvalue weighted by atomic mass is 16.1. The zero-order chi connectivity index (χ0) is 13.9. The van der Waals surface area contributed by atoms with Crippen LogP contribution in [0.2, 0.25) is 0 Å². The second kappa shape index (κ2) is 5.67. The van der Waals surface area contributed by atoms with Gasteiger partial charge in [-0.15, -0.1) is 0 Å². The van der Waals surface area contributed by atoms with Crippen LogP contribution >= 0.6 is 0 Å². The van der Waals surface area contributed by atoms with Crippen molar-refractivity contribution in [3.8, 4) is 0 Å². The quantitative estimate of drug-likeness (QED) is 0.786. The number of nitrogens with two attached hydrogens (primary N) is 1. The van der Waals surface area contributed by atoms with Crippen molar-refractivity contribution in [1.29, 1.82) is 0 Å². The molecule has 0 aliphatic heterocycles. The summed E-state index contributed by atoms with van der Waals surface area (Å²) in [6.45, 7) is 8.06. The Hall–Kier alpha value is -1.84. The molecule has 2 amide bonds. The van der Waals surface area contributed by atoms with Crippen molar-refractivity contribution >= 4 is 18.0 Å². The molecule has 18 heavy (non-hydrogen) atoms. The molecule has 0 saturated heterocycles. The third-order valence-corrected chi connectivity index (χ3v) is 2.93. The molecule has 0 aromatic heterocycles. The summed E-state index contributed by atoms with van der Waals surface area (Å²) in [5.41, 5.74) is 8.49. The monoisotopic (exact) mass is 248 g/mol. The number of rotatable bonds is 5. The van der Waals surface area contributed by atoms with E-state index in [4.69, 9.17) is 5.73 Å². The van der Waals surface area contributed by atoms with Gasteiger partial charge in [-0.25, -0.2) is 0 Å². The number of carbonyl (C=O) groups excluding carboxylic acids is 2. The fourth-order valence-corrected chi connectivity index (χ4v) is 1.97. The van der Waals surface area contributed by atoms with Crippen molar-refractivity contribution < 1.29 is 9.59 Å². The Bertz CT molecular complexity index is 436. The highest BCUT2D eigenvalue weighted by Crippen LogP contribution is 2.33. The summed E-state index contributed by atoms with van der Waals surface area (Å²) in [6.07, 6.45) is 0.664. The van der Waals surface area contributed by atoms with Crippen molar-refractivity contribution in [2.75, 3.05) is 5.32 Å². The Morgan fingerprint density at radius 3 is 1.89 bits per heavy atom. The van der Waals surface area contributed by atoms with Crippen LogP contribution in [0.4, 0.5) is 5.69 Å². The van der Waals surface area contributed by atoms with Crippen LogP contribution in [0.15, 0.2) is 12.1 Å². The lowest BCUT2D eigenvalue weighted by molar-refractivity contribution is -0.105. The number of primary amides is 1. The molecule has 0 fully saturated rings. The minimum atomic E-state index is -0.448. The van der Waals surface area contributed by atoms with E-state index in [2.05, 4.69) is 5.32 Å². The van der Waals surface area contributed by atoms with E-state index in [1.54, 1.807) is 12.1 Å². The Labute approximate surface area is 108 Å². The van der Waals surface area contributed by atoms with Gasteiger partial charge in [-0.05, 0) is 35.1 Å². The molecule has 0 radical (unpaired) electrons. The number of hydrogen-bond donors (Lipinski definition) is 2. The number of amides is 2. The lowest BCUT2D eigenvalue weighted by Gasteiger charge is -2.20. The summed E-state index contributed by atoms with van der Waals surface area (Å²) in [5.74, 6) is -0.0510. The van der Waals surface area contributed by atoms with Gasteiger partial charge in [-0.3, -0.25) is 9.59 Å². The molecule has 0 aliphatic carbocycles. The molecule has 1 aromatic rings. The standard InChI is InChI=1S/C14H20N2O2/c1-8(2)11-5-10(14(15)18)6-12(9(3)4)13(11)16-7-17/h5-9H,1-4H3,(H2,15,18)(H,16,17). The molecule has 0 spiro atoms. The van der Waals surface area contributed by atoms with Gasteiger partial charge in [0.1, 0.15) is 0 Å². The smallest absolute Gasteiger partial charge is 0.248 e. The average Bonchev–Trinajstić information content (AvgIpc) is 2.28. The number of hydrogen-bond acceptors (Lipinski definition) is 2. The minimum Gasteiger partial charge on any atom is -0.366 e. The fourth-order valence-electron chi connectivity index (χ4n) is 1.97. The molecule has 0 bridgehead atoms. The third-order valence-electron chi connectivity index (χ3n) is 2.93. The van der Waals surface area contributed by atoms with Crippen LogP contribution in [0.1, 0.15) is 61.0 Å². The molecule has 0 atom stereocenters. The third kappa shape index (κ3) is 2.88. The van der Waals surface area contributed by atoms with Gasteiger partial charge in [0, 0.05) is 11.3 Å². The highest BCUT2D eigenvalue weighted by Gasteiger charge is 2.17. The molecule has 3 N–H and O–H groups in total. The average molecular weight is 248 g/mol. The van der Waals surface area contributed by atoms with Gasteiger partial charge >= 0.3 is 0 Å². The van der Waals surface area contributed by atoms with E-state index in [1.165, 1.54) is 0 Å². The van der Waals surface area contributed by atoms with Crippen LogP contribution in [-0.4, -0.2) is 12.3 Å². The predicted octanol–water partition coefficient (Wildman–Crippen LogP) is 2.60. The molecule has 98 valence electrons. The van der Waals surface area contributed by atoms with Gasteiger partial charge < -0.3 is 11.1 Å². The van der Waals surface area contributed by atoms with E-state index in [0.717, 1.165) is 16.8 Å². The zero-order valence-electron chi connectivity index (χ0n) is 11.3. The second-order valence-corrected chi connectivity index (χ2v) is 4.97. The maximum atomic E-state index is 11.4. The molecule has 4 heteroatoms. The van der Waals surface area contributed by atoms with Crippen molar-refractivity contribution in [3.63, 3.8) is 0 Å². The first kappa shape index (κ1) is 14.2. The molecular formula is C14H20N2O2. The zero-order valence-corrected chi connectivity index (χ0v) is 11.3. The number of carbonyl (C=O) groups is 2. The molecule has 0 aliphatic rings. The van der Waals surface area contributed by atoms with Crippen molar-refractivity contribution in [3.05, 3.63) is 28.8 Å². The SMILES string of the molecule is CC(C)c1cc(C(N)=O)cc(C(C)C)c1NC=O. The summed E-state index contributed by atoms with van der Waals surface area (Å²) in [7, 11) is 0. The molecule has 0 unspecified atom stereocenters. The maximum Gasteiger partial charge on any atom is 0.248 e. The largest absolute Gasteiger partial charge is 0.366 e. The Balaban J connectivity index is 3.53. The first-order valence-electron chi connectivity index (χ1n) is 6.06. The van der Waals surface area contributed by atoms with Crippen LogP contribution in [-0.2, 0) is 4.79 Å². The van der Waals surface area contributed by atoms with Gasteiger partial charge in [0.05, 0.1) is 0 Å². The summed E-state index contributed by atoms with van der Waals surface area (Å²) in [5, 5.41) is 2.74. The van der Waals surface area contributed by atoms with E-state index in [0.29, 0.717) is 12.0 Å². The van der Waals surface area contributed by atoms with Gasteiger partial charge in [0.25, 0.3) is 0 Å². The summed E-state index contributed by atoms with van der Waals surface area (Å²) in [6, 6.07) is 3.51. The van der Waals surface area contributed by atoms with E-state index in [9.17, 15) is 9.59 Å². The van der Waals surface area contributed by atoms with Crippen LogP contribution in [0.3, 0.4) is 0 Å². The van der Waals surface area contributed by atoms with E-state index >= 15 is 0 Å². The first-order chi connectivity index (χ1) is 8.38. The fraction of sp³-hybridized carbons (Fsp3) is 0.429. The lowest BCUT2D eigenvalue weighted by atomic mass is 9.90. The molecule has 1 aromatic carbocycles. The van der Waals surface area contributed by atoms with Gasteiger partial charge in [-0.2, -0.15) is 0 Å². The topological polar surface area (TPSA) is 72.2 Å². The van der Waals surface area contributed by atoms with Crippen molar-refractivity contribution in [1.82, 2.24) is 0 Å². The predicted molar refractivity (Wildman–Crippen MR) is 72.8 cm³/mol. The van der Waals surface area contributed by atoms with Crippen LogP contribution in [0, 0.1) is 0 Å². The number of benzene rings is 1. The maximum absolute atomic E-state index is 11.4. The highest BCUT2D eigenvalue weighted by molar-refractivity contribution is 5.94. The minimum absolute atomic E-state index is 0.198. The Kier molecular flexibility index (Phi) is 4.48. The van der Waals surface area contributed by atoms with Crippen LogP contribution in [0.25, 0.3) is 0 Å². The van der Waals surface area contributed by atoms with Crippen LogP contribution in [0.5, 0.6) is 0 Å². The van der Waals surface area contributed by atoms with Gasteiger partial charge in [0.2, 0.25) is 12.3 Å². The first-order valence-corrected chi connectivity index (χ1v) is 6.06. The van der Waals surface area contributed by atoms with E-state index in [-0.39, 0.29) is 11.8 Å². The lowest BCUT2D eigenvalue weighted by Crippen LogP contribution is -2.14. The second-order valence-electron chi connectivity index (χ2n) is 4.97.